The van der Waals surface area contributed by atoms with Crippen molar-refractivity contribution in [3.8, 4) is 0 Å². The van der Waals surface area contributed by atoms with Gasteiger partial charge < -0.3 is 15.0 Å². The lowest BCUT2D eigenvalue weighted by Gasteiger charge is -2.24. The molecule has 1 N–H and O–H groups in total. The van der Waals surface area contributed by atoms with E-state index in [0.29, 0.717) is 42.0 Å². The summed E-state index contributed by atoms with van der Waals surface area (Å²) in [7, 11) is 0. The van der Waals surface area contributed by atoms with Crippen LogP contribution in [-0.2, 0) is 14.3 Å². The zero-order valence-corrected chi connectivity index (χ0v) is 14.5. The van der Waals surface area contributed by atoms with Crippen LogP contribution in [0.15, 0.2) is 18.2 Å². The molecule has 1 aromatic rings. The van der Waals surface area contributed by atoms with Crippen molar-refractivity contribution < 1.29 is 14.3 Å². The minimum absolute atomic E-state index is 0.00833. The predicted molar refractivity (Wildman–Crippen MR) is 91.0 cm³/mol. The first-order valence-electron chi connectivity index (χ1n) is 7.57. The molecule has 0 unspecified atom stereocenters. The first-order chi connectivity index (χ1) is 11.0. The third-order valence-electron chi connectivity index (χ3n) is 3.81. The monoisotopic (exact) mass is 358 g/mol. The molecule has 0 saturated carbocycles. The molecule has 0 bridgehead atoms. The lowest BCUT2D eigenvalue weighted by atomic mass is 9.99. The average Bonchev–Trinajstić information content (AvgIpc) is 2.54. The Balaban J connectivity index is 1.93. The highest BCUT2D eigenvalue weighted by molar-refractivity contribution is 6.35. The van der Waals surface area contributed by atoms with E-state index in [2.05, 4.69) is 5.32 Å². The van der Waals surface area contributed by atoms with E-state index in [4.69, 9.17) is 27.9 Å². The van der Waals surface area contributed by atoms with Crippen LogP contribution in [0.3, 0.4) is 0 Å². The van der Waals surface area contributed by atoms with E-state index in [1.807, 2.05) is 0 Å². The third-order valence-corrected chi connectivity index (χ3v) is 4.36. The second-order valence-corrected chi connectivity index (χ2v) is 6.29. The Labute approximate surface area is 145 Å². The summed E-state index contributed by atoms with van der Waals surface area (Å²) in [4.78, 5) is 25.5. The van der Waals surface area contributed by atoms with Crippen LogP contribution < -0.4 is 10.2 Å². The lowest BCUT2D eigenvalue weighted by Crippen LogP contribution is -2.40. The molecule has 0 aliphatic carbocycles. The van der Waals surface area contributed by atoms with Crippen molar-refractivity contribution in [1.82, 2.24) is 5.32 Å². The van der Waals surface area contributed by atoms with Gasteiger partial charge in [0.1, 0.15) is 0 Å². The molecular weight excluding hydrogens is 339 g/mol. The van der Waals surface area contributed by atoms with Crippen LogP contribution in [0.5, 0.6) is 0 Å². The molecule has 0 aromatic heterocycles. The number of carbonyl (C=O) groups is 2. The Kier molecular flexibility index (Phi) is 6.69. The van der Waals surface area contributed by atoms with Crippen LogP contribution in [0.1, 0.15) is 19.8 Å². The molecule has 1 heterocycles. The van der Waals surface area contributed by atoms with Gasteiger partial charge in [-0.15, -0.1) is 0 Å². The topological polar surface area (TPSA) is 58.6 Å². The molecule has 2 rings (SSSR count). The number of nitrogens with zero attached hydrogens (tertiary/aromatic N) is 1. The van der Waals surface area contributed by atoms with E-state index in [1.165, 1.54) is 11.8 Å². The van der Waals surface area contributed by atoms with Gasteiger partial charge >= 0.3 is 0 Å². The van der Waals surface area contributed by atoms with E-state index >= 15 is 0 Å². The van der Waals surface area contributed by atoms with Gasteiger partial charge in [0.15, 0.2) is 0 Å². The maximum Gasteiger partial charge on any atom is 0.223 e. The van der Waals surface area contributed by atoms with Gasteiger partial charge in [0.2, 0.25) is 11.8 Å². The standard InChI is InChI=1S/C16H20Cl2N2O3/c1-11(21)20(15-10-13(17)2-3-14(15)18)7-6-19-16(22)12-4-8-23-9-5-12/h2-3,10,12H,4-9H2,1H3,(H,19,22). The van der Waals surface area contributed by atoms with Crippen LogP contribution in [-0.4, -0.2) is 38.1 Å². The van der Waals surface area contributed by atoms with Gasteiger partial charge in [-0.3, -0.25) is 9.59 Å². The molecule has 1 aliphatic rings. The van der Waals surface area contributed by atoms with E-state index in [9.17, 15) is 9.59 Å². The first kappa shape index (κ1) is 18.0. The van der Waals surface area contributed by atoms with Crippen LogP contribution in [0, 0.1) is 5.92 Å². The molecule has 1 saturated heterocycles. The summed E-state index contributed by atoms with van der Waals surface area (Å²) in [6, 6.07) is 4.96. The second kappa shape index (κ2) is 8.52. The number of ether oxygens (including phenoxy) is 1. The van der Waals surface area contributed by atoms with Crippen molar-refractivity contribution >= 4 is 40.7 Å². The molecule has 1 fully saturated rings. The van der Waals surface area contributed by atoms with Gasteiger partial charge in [-0.2, -0.15) is 0 Å². The number of carbonyl (C=O) groups excluding carboxylic acids is 2. The van der Waals surface area contributed by atoms with Crippen molar-refractivity contribution in [2.75, 3.05) is 31.2 Å². The number of hydrogen-bond acceptors (Lipinski definition) is 3. The number of nitrogens with one attached hydrogen (secondary N) is 1. The number of hydrogen-bond donors (Lipinski definition) is 1. The third kappa shape index (κ3) is 5.09. The highest BCUT2D eigenvalue weighted by Gasteiger charge is 2.22. The summed E-state index contributed by atoms with van der Waals surface area (Å²) in [5.41, 5.74) is 0.548. The van der Waals surface area contributed by atoms with E-state index < -0.39 is 0 Å². The van der Waals surface area contributed by atoms with Gasteiger partial charge in [0.25, 0.3) is 0 Å². The average molecular weight is 359 g/mol. The Bertz CT molecular complexity index is 574. The number of amides is 2. The summed E-state index contributed by atoms with van der Waals surface area (Å²) >= 11 is 12.1. The summed E-state index contributed by atoms with van der Waals surface area (Å²) in [5, 5.41) is 3.82. The van der Waals surface area contributed by atoms with Gasteiger partial charge in [-0.1, -0.05) is 23.2 Å². The lowest BCUT2D eigenvalue weighted by molar-refractivity contribution is -0.127. The van der Waals surface area contributed by atoms with E-state index in [-0.39, 0.29) is 17.7 Å². The fourth-order valence-electron chi connectivity index (χ4n) is 2.54. The highest BCUT2D eigenvalue weighted by Crippen LogP contribution is 2.29. The number of rotatable bonds is 5. The normalized spacial score (nSPS) is 15.3. The Morgan fingerprint density at radius 1 is 1.30 bits per heavy atom. The van der Waals surface area contributed by atoms with Crippen LogP contribution in [0.25, 0.3) is 0 Å². The van der Waals surface area contributed by atoms with Crippen molar-refractivity contribution in [2.24, 2.45) is 5.92 Å². The maximum absolute atomic E-state index is 12.1. The Morgan fingerprint density at radius 2 is 2.00 bits per heavy atom. The molecular formula is C16H20Cl2N2O3. The zero-order valence-electron chi connectivity index (χ0n) is 13.0. The molecule has 2 amide bonds. The Hall–Kier alpha value is -1.30. The summed E-state index contributed by atoms with van der Waals surface area (Å²) in [6.45, 7) is 3.39. The van der Waals surface area contributed by atoms with Crippen LogP contribution >= 0.6 is 23.2 Å². The van der Waals surface area contributed by atoms with Crippen LogP contribution in [0.4, 0.5) is 5.69 Å². The molecule has 0 spiro atoms. The van der Waals surface area contributed by atoms with Gasteiger partial charge in [0.05, 0.1) is 10.7 Å². The highest BCUT2D eigenvalue weighted by atomic mass is 35.5. The smallest absolute Gasteiger partial charge is 0.223 e. The SMILES string of the molecule is CC(=O)N(CCNC(=O)C1CCOCC1)c1cc(Cl)ccc1Cl. The fraction of sp³-hybridized carbons (Fsp3) is 0.500. The number of anilines is 1. The first-order valence-corrected chi connectivity index (χ1v) is 8.33. The minimum atomic E-state index is -0.158. The second-order valence-electron chi connectivity index (χ2n) is 5.44. The van der Waals surface area contributed by atoms with Crippen molar-refractivity contribution in [3.63, 3.8) is 0 Å². The van der Waals surface area contributed by atoms with Crippen molar-refractivity contribution in [3.05, 3.63) is 28.2 Å². The fourth-order valence-corrected chi connectivity index (χ4v) is 2.92. The van der Waals surface area contributed by atoms with Crippen LogP contribution in [0.2, 0.25) is 10.0 Å². The summed E-state index contributed by atoms with van der Waals surface area (Å²) in [5.74, 6) is -0.159. The molecule has 0 radical (unpaired) electrons. The van der Waals surface area contributed by atoms with E-state index in [1.54, 1.807) is 18.2 Å². The number of halogens is 2. The zero-order chi connectivity index (χ0) is 16.8. The summed E-state index contributed by atoms with van der Waals surface area (Å²) in [6.07, 6.45) is 1.48. The van der Waals surface area contributed by atoms with Gasteiger partial charge in [-0.25, -0.2) is 0 Å². The minimum Gasteiger partial charge on any atom is -0.381 e. The molecule has 7 heteroatoms. The van der Waals surface area contributed by atoms with Gasteiger partial charge in [-0.05, 0) is 31.0 Å². The summed E-state index contributed by atoms with van der Waals surface area (Å²) < 4.78 is 5.25. The predicted octanol–water partition coefficient (Wildman–Crippen LogP) is 2.89. The van der Waals surface area contributed by atoms with E-state index in [0.717, 1.165) is 12.8 Å². The molecule has 5 nitrogen and oxygen atoms in total. The molecule has 23 heavy (non-hydrogen) atoms. The number of benzene rings is 1. The molecule has 1 aliphatic heterocycles. The van der Waals surface area contributed by atoms with Crippen molar-refractivity contribution in [2.45, 2.75) is 19.8 Å². The molecule has 0 atom stereocenters. The Morgan fingerprint density at radius 3 is 2.65 bits per heavy atom. The maximum atomic E-state index is 12.1. The van der Waals surface area contributed by atoms with Crippen molar-refractivity contribution in [1.29, 1.82) is 0 Å². The quantitative estimate of drug-likeness (QED) is 0.880. The molecule has 126 valence electrons. The largest absolute Gasteiger partial charge is 0.381 e. The molecule has 1 aromatic carbocycles. The van der Waals surface area contributed by atoms with Gasteiger partial charge in [0, 0.05) is 44.2 Å².